The molecule has 3 rings (SSSR count). The maximum atomic E-state index is 12.7. The Balaban J connectivity index is 1.69. The third-order valence-electron chi connectivity index (χ3n) is 4.62. The quantitative estimate of drug-likeness (QED) is 0.809. The van der Waals surface area contributed by atoms with E-state index in [1.807, 2.05) is 31.2 Å². The van der Waals surface area contributed by atoms with Gasteiger partial charge in [-0.25, -0.2) is 8.42 Å². The summed E-state index contributed by atoms with van der Waals surface area (Å²) in [7, 11) is -1.62. The van der Waals surface area contributed by atoms with Gasteiger partial charge in [0.2, 0.25) is 0 Å². The molecule has 0 spiro atoms. The number of hydrogen-bond acceptors (Lipinski definition) is 4. The van der Waals surface area contributed by atoms with Crippen LogP contribution in [0.2, 0.25) is 0 Å². The summed E-state index contributed by atoms with van der Waals surface area (Å²) in [5.74, 6) is 0.342. The number of aryl methyl sites for hydroxylation is 1. The Morgan fingerprint density at radius 2 is 1.79 bits per heavy atom. The molecular weight excluding hydrogens is 342 g/mol. The lowest BCUT2D eigenvalue weighted by atomic mass is 9.88. The molecule has 1 atom stereocenters. The van der Waals surface area contributed by atoms with Gasteiger partial charge in [0.05, 0.1) is 6.10 Å². The highest BCUT2D eigenvalue weighted by molar-refractivity contribution is 7.91. The Kier molecular flexibility index (Phi) is 5.39. The monoisotopic (exact) mass is 365 g/mol. The van der Waals surface area contributed by atoms with Crippen molar-refractivity contribution in [2.75, 3.05) is 20.2 Å². The first kappa shape index (κ1) is 17.6. The molecule has 0 aliphatic carbocycles. The van der Waals surface area contributed by atoms with E-state index in [2.05, 4.69) is 12.1 Å². The molecule has 2 aromatic rings. The summed E-state index contributed by atoms with van der Waals surface area (Å²) >= 11 is 1.34. The number of rotatable bonds is 5. The molecule has 130 valence electrons. The van der Waals surface area contributed by atoms with Gasteiger partial charge in [0.15, 0.2) is 0 Å². The van der Waals surface area contributed by atoms with Gasteiger partial charge in [-0.2, -0.15) is 4.31 Å². The molecule has 1 unspecified atom stereocenters. The van der Waals surface area contributed by atoms with Crippen molar-refractivity contribution < 1.29 is 13.2 Å². The predicted molar refractivity (Wildman–Crippen MR) is 96.7 cm³/mol. The number of benzene rings is 1. The first-order chi connectivity index (χ1) is 11.5. The van der Waals surface area contributed by atoms with Gasteiger partial charge in [0.1, 0.15) is 4.21 Å². The molecule has 0 saturated carbocycles. The smallest absolute Gasteiger partial charge is 0.252 e. The number of piperidine rings is 1. The Labute approximate surface area is 148 Å². The van der Waals surface area contributed by atoms with Crippen LogP contribution >= 0.6 is 11.3 Å². The number of thiophene rings is 1. The van der Waals surface area contributed by atoms with Crippen molar-refractivity contribution in [2.24, 2.45) is 5.92 Å². The highest BCUT2D eigenvalue weighted by Gasteiger charge is 2.33. The van der Waals surface area contributed by atoms with Gasteiger partial charge in [-0.1, -0.05) is 30.3 Å². The van der Waals surface area contributed by atoms with Crippen LogP contribution in [0.15, 0.2) is 46.7 Å². The van der Waals surface area contributed by atoms with Gasteiger partial charge in [0.25, 0.3) is 10.0 Å². The fourth-order valence-electron chi connectivity index (χ4n) is 3.34. The average molecular weight is 366 g/mol. The standard InChI is InChI=1S/C18H23NO3S2/c1-14-8-9-17(23-14)24(20,21)19-12-10-16(11-13-19)18(22-2)15-6-4-3-5-7-15/h3-9,16,18H,10-13H2,1-2H3. The van der Waals surface area contributed by atoms with Crippen molar-refractivity contribution >= 4 is 21.4 Å². The molecule has 1 saturated heterocycles. The molecule has 1 fully saturated rings. The van der Waals surface area contributed by atoms with Crippen molar-refractivity contribution in [3.63, 3.8) is 0 Å². The summed E-state index contributed by atoms with van der Waals surface area (Å²) in [4.78, 5) is 1.02. The van der Waals surface area contributed by atoms with Gasteiger partial charge in [-0.05, 0) is 43.4 Å². The van der Waals surface area contributed by atoms with Crippen molar-refractivity contribution in [1.29, 1.82) is 0 Å². The zero-order valence-electron chi connectivity index (χ0n) is 14.0. The highest BCUT2D eigenvalue weighted by atomic mass is 32.2. The van der Waals surface area contributed by atoms with Gasteiger partial charge in [0, 0.05) is 25.1 Å². The second-order valence-electron chi connectivity index (χ2n) is 6.17. The zero-order valence-corrected chi connectivity index (χ0v) is 15.6. The lowest BCUT2D eigenvalue weighted by Crippen LogP contribution is -2.39. The predicted octanol–water partition coefficient (Wildman–Crippen LogP) is 3.84. The summed E-state index contributed by atoms with van der Waals surface area (Å²) in [5.41, 5.74) is 1.16. The minimum atomic E-state index is -3.35. The van der Waals surface area contributed by atoms with Crippen LogP contribution < -0.4 is 0 Å². The van der Waals surface area contributed by atoms with Gasteiger partial charge < -0.3 is 4.74 Å². The van der Waals surface area contributed by atoms with Gasteiger partial charge >= 0.3 is 0 Å². The summed E-state index contributed by atoms with van der Waals surface area (Å²) in [6.45, 7) is 3.03. The molecule has 0 radical (unpaired) electrons. The van der Waals surface area contributed by atoms with Crippen LogP contribution in [-0.2, 0) is 14.8 Å². The molecule has 0 bridgehead atoms. The molecule has 1 aromatic heterocycles. The molecule has 1 aromatic carbocycles. The van der Waals surface area contributed by atoms with Crippen LogP contribution in [0.3, 0.4) is 0 Å². The van der Waals surface area contributed by atoms with E-state index in [-0.39, 0.29) is 6.10 Å². The highest BCUT2D eigenvalue weighted by Crippen LogP contribution is 2.35. The largest absolute Gasteiger partial charge is 0.376 e. The fourth-order valence-corrected chi connectivity index (χ4v) is 6.25. The summed E-state index contributed by atoms with van der Waals surface area (Å²) < 4.78 is 33.2. The van der Waals surface area contributed by atoms with E-state index in [4.69, 9.17) is 4.74 Å². The van der Waals surface area contributed by atoms with E-state index in [1.54, 1.807) is 17.5 Å². The summed E-state index contributed by atoms with van der Waals surface area (Å²) in [5, 5.41) is 0. The van der Waals surface area contributed by atoms with Gasteiger partial charge in [-0.15, -0.1) is 11.3 Å². The van der Waals surface area contributed by atoms with E-state index in [0.717, 1.165) is 23.3 Å². The van der Waals surface area contributed by atoms with Gasteiger partial charge in [-0.3, -0.25) is 0 Å². The normalized spacial score (nSPS) is 18.6. The molecule has 6 heteroatoms. The number of ether oxygens (including phenoxy) is 1. The number of hydrogen-bond donors (Lipinski definition) is 0. The average Bonchev–Trinajstić information content (AvgIpc) is 3.04. The third-order valence-corrected chi connectivity index (χ3v) is 7.99. The molecule has 2 heterocycles. The Morgan fingerprint density at radius 3 is 2.33 bits per heavy atom. The minimum absolute atomic E-state index is 0.0278. The molecular formula is C18H23NO3S2. The van der Waals surface area contributed by atoms with E-state index in [9.17, 15) is 8.42 Å². The summed E-state index contributed by atoms with van der Waals surface area (Å²) in [6, 6.07) is 13.7. The van der Waals surface area contributed by atoms with Crippen molar-refractivity contribution in [1.82, 2.24) is 4.31 Å². The van der Waals surface area contributed by atoms with Crippen molar-refractivity contribution in [3.05, 3.63) is 52.9 Å². The first-order valence-corrected chi connectivity index (χ1v) is 10.4. The Hall–Kier alpha value is -1.21. The van der Waals surface area contributed by atoms with E-state index >= 15 is 0 Å². The number of nitrogens with zero attached hydrogens (tertiary/aromatic N) is 1. The second kappa shape index (κ2) is 7.35. The lowest BCUT2D eigenvalue weighted by Gasteiger charge is -2.34. The topological polar surface area (TPSA) is 46.6 Å². The second-order valence-corrected chi connectivity index (χ2v) is 9.63. The number of methoxy groups -OCH3 is 1. The van der Waals surface area contributed by atoms with Crippen LogP contribution in [0.4, 0.5) is 0 Å². The van der Waals surface area contributed by atoms with Crippen LogP contribution in [0.25, 0.3) is 0 Å². The van der Waals surface area contributed by atoms with Crippen LogP contribution in [0.5, 0.6) is 0 Å². The summed E-state index contributed by atoms with van der Waals surface area (Å²) in [6.07, 6.45) is 1.66. The Bertz CT molecular complexity index is 763. The maximum absolute atomic E-state index is 12.7. The molecule has 4 nitrogen and oxygen atoms in total. The molecule has 1 aliphatic heterocycles. The van der Waals surface area contributed by atoms with Crippen LogP contribution in [0.1, 0.15) is 29.4 Å². The van der Waals surface area contributed by atoms with Crippen molar-refractivity contribution in [2.45, 2.75) is 30.1 Å². The Morgan fingerprint density at radius 1 is 1.12 bits per heavy atom. The van der Waals surface area contributed by atoms with E-state index in [1.165, 1.54) is 11.3 Å². The fraction of sp³-hybridized carbons (Fsp3) is 0.444. The number of sulfonamides is 1. The van der Waals surface area contributed by atoms with Crippen LogP contribution in [-0.4, -0.2) is 32.9 Å². The molecule has 0 amide bonds. The molecule has 1 aliphatic rings. The van der Waals surface area contributed by atoms with Crippen molar-refractivity contribution in [3.8, 4) is 0 Å². The minimum Gasteiger partial charge on any atom is -0.376 e. The van der Waals surface area contributed by atoms with E-state index in [0.29, 0.717) is 23.2 Å². The van der Waals surface area contributed by atoms with Crippen LogP contribution in [0, 0.1) is 12.8 Å². The first-order valence-electron chi connectivity index (χ1n) is 8.16. The lowest BCUT2D eigenvalue weighted by molar-refractivity contribution is 0.0304. The third kappa shape index (κ3) is 3.57. The molecule has 24 heavy (non-hydrogen) atoms. The maximum Gasteiger partial charge on any atom is 0.252 e. The zero-order chi connectivity index (χ0) is 17.2. The SMILES string of the molecule is COC(c1ccccc1)C1CCN(S(=O)(=O)c2ccc(C)s2)CC1. The van der Waals surface area contributed by atoms with E-state index < -0.39 is 10.0 Å². The molecule has 0 N–H and O–H groups in total.